The monoisotopic (exact) mass is 645 g/mol. The van der Waals surface area contributed by atoms with Gasteiger partial charge in [-0.25, -0.2) is 9.13 Å². The Morgan fingerprint density at radius 1 is 0.479 bits per heavy atom. The van der Waals surface area contributed by atoms with Crippen molar-refractivity contribution in [1.29, 1.82) is 0 Å². The third-order valence-corrected chi connectivity index (χ3v) is 8.74. The molecule has 0 radical (unpaired) electrons. The van der Waals surface area contributed by atoms with Crippen LogP contribution in [0.2, 0.25) is 0 Å². The Balaban J connectivity index is 0.000000232. The minimum absolute atomic E-state index is 0.0451. The Labute approximate surface area is 307 Å². The smallest absolute Gasteiger partial charge is 0.201 e. The Morgan fingerprint density at radius 2 is 0.938 bits per heavy atom. The van der Waals surface area contributed by atoms with Crippen LogP contribution in [0, 0.1) is 41.3 Å². The van der Waals surface area contributed by atoms with Gasteiger partial charge in [-0.05, 0) is 122 Å². The maximum absolute atomic E-state index is 8.20. The van der Waals surface area contributed by atoms with E-state index in [9.17, 15) is 0 Å². The van der Waals surface area contributed by atoms with Crippen LogP contribution >= 0.6 is 0 Å². The van der Waals surface area contributed by atoms with Crippen LogP contribution in [0.15, 0.2) is 109 Å². The van der Waals surface area contributed by atoms with E-state index in [0.717, 1.165) is 33.5 Å². The van der Waals surface area contributed by atoms with Gasteiger partial charge in [-0.2, -0.15) is 0 Å². The van der Waals surface area contributed by atoms with Crippen LogP contribution in [0.1, 0.15) is 76.2 Å². The van der Waals surface area contributed by atoms with Crippen LogP contribution in [-0.2, 0) is 26.8 Å². The van der Waals surface area contributed by atoms with Crippen LogP contribution in [0.25, 0.3) is 44.8 Å². The molecule has 0 aliphatic carbocycles. The highest BCUT2D eigenvalue weighted by Gasteiger charge is 2.19. The molecule has 4 aromatic carbocycles. The van der Waals surface area contributed by atoms with E-state index < -0.39 is 33.3 Å². The van der Waals surface area contributed by atoms with Crippen LogP contribution in [-0.4, -0.2) is 0 Å². The summed E-state index contributed by atoms with van der Waals surface area (Å²) in [5.41, 5.74) is 9.74. The zero-order valence-electron chi connectivity index (χ0n) is 41.8. The van der Waals surface area contributed by atoms with E-state index in [1.807, 2.05) is 104 Å². The summed E-state index contributed by atoms with van der Waals surface area (Å²) in [5, 5.41) is 0. The zero-order chi connectivity index (χ0) is 45.6. The van der Waals surface area contributed by atoms with E-state index in [4.69, 9.17) is 17.8 Å². The number of benzene rings is 4. The molecule has 48 heavy (non-hydrogen) atoms. The summed E-state index contributed by atoms with van der Waals surface area (Å²) in [6.45, 7) is 1.52. The summed E-state index contributed by atoms with van der Waals surface area (Å²) in [7, 11) is 3.60. The molecular formula is C46H52N2+2. The minimum Gasteiger partial charge on any atom is -0.201 e. The van der Waals surface area contributed by atoms with Gasteiger partial charge in [0.25, 0.3) is 0 Å². The van der Waals surface area contributed by atoms with Gasteiger partial charge in [0.15, 0.2) is 12.4 Å². The summed E-state index contributed by atoms with van der Waals surface area (Å²) in [4.78, 5) is 0. The molecule has 0 aliphatic heterocycles. The van der Waals surface area contributed by atoms with E-state index in [1.165, 1.54) is 13.1 Å². The van der Waals surface area contributed by atoms with Crippen molar-refractivity contribution >= 4 is 0 Å². The number of aryl methyl sites for hydroxylation is 10. The lowest BCUT2D eigenvalue weighted by atomic mass is 9.92. The van der Waals surface area contributed by atoms with Crippen LogP contribution < -0.4 is 9.13 Å². The Hall–Kier alpha value is -4.82. The normalized spacial score (nSPS) is 16.3. The van der Waals surface area contributed by atoms with Gasteiger partial charge in [0.2, 0.25) is 11.4 Å². The predicted octanol–water partition coefficient (Wildman–Crippen LogP) is 10.7. The molecule has 6 aromatic rings. The zero-order valence-corrected chi connectivity index (χ0v) is 28.8. The first-order valence-electron chi connectivity index (χ1n) is 22.5. The molecule has 0 N–H and O–H groups in total. The van der Waals surface area contributed by atoms with Crippen molar-refractivity contribution in [3.63, 3.8) is 0 Å². The standard InChI is InChI=1S/2C23H26N/c1-6-19-15-24(5)23(13-16(19)2)22-14-21(17(3)12-18(22)4)20-10-8-7-9-11-20;1-6-19-13-23(24(5)15-18(19)4)22-14-21(16(2)12-17(22)3)20-10-8-7-9-11-20/h2*7-15H,6H2,1-5H3/q2*+1/i3D3,6D2;2D3,4D3,6D2. The molecule has 244 valence electrons. The second kappa shape index (κ2) is 14.9. The Morgan fingerprint density at radius 3 is 1.40 bits per heavy atom. The van der Waals surface area contributed by atoms with Gasteiger partial charge in [-0.3, -0.25) is 0 Å². The Kier molecular flexibility index (Phi) is 6.60. The highest BCUT2D eigenvalue weighted by molar-refractivity contribution is 5.77. The fourth-order valence-electron chi connectivity index (χ4n) is 6.08. The van der Waals surface area contributed by atoms with Crippen LogP contribution in [0.4, 0.5) is 0 Å². The van der Waals surface area contributed by atoms with Crippen LogP contribution in [0.3, 0.4) is 0 Å². The molecule has 0 aliphatic rings. The lowest BCUT2D eigenvalue weighted by Gasteiger charge is -2.13. The number of nitrogens with zero attached hydrogens (tertiary/aromatic N) is 2. The van der Waals surface area contributed by atoms with Gasteiger partial charge in [-0.15, -0.1) is 0 Å². The van der Waals surface area contributed by atoms with Crippen molar-refractivity contribution in [3.05, 3.63) is 154 Å². The summed E-state index contributed by atoms with van der Waals surface area (Å²) < 4.78 is 108. The van der Waals surface area contributed by atoms with E-state index in [0.29, 0.717) is 39.1 Å². The second-order valence-electron chi connectivity index (χ2n) is 12.1. The maximum Gasteiger partial charge on any atom is 0.212 e. The molecule has 0 spiro atoms. The van der Waals surface area contributed by atoms with Crippen molar-refractivity contribution < 1.29 is 27.0 Å². The summed E-state index contributed by atoms with van der Waals surface area (Å²) in [6, 6.07) is 29.5. The first-order valence-corrected chi connectivity index (χ1v) is 16.0. The number of hydrogen-bond acceptors (Lipinski definition) is 0. The molecule has 2 heteroatoms. The van der Waals surface area contributed by atoms with E-state index in [-0.39, 0.29) is 16.7 Å². The van der Waals surface area contributed by atoms with Crippen molar-refractivity contribution in [2.45, 2.75) is 67.9 Å². The third-order valence-electron chi connectivity index (χ3n) is 8.74. The molecule has 2 aromatic heterocycles. The third kappa shape index (κ3) is 7.34. The fraction of sp³-hybridized carbons (Fsp3) is 0.261. The molecule has 6 rings (SSSR count). The molecule has 0 saturated heterocycles. The molecule has 0 fully saturated rings. The lowest BCUT2D eigenvalue weighted by molar-refractivity contribution is -0.661. The maximum atomic E-state index is 8.20. The molecule has 0 saturated carbocycles. The molecule has 2 heterocycles. The summed E-state index contributed by atoms with van der Waals surface area (Å²) >= 11 is 0. The van der Waals surface area contributed by atoms with E-state index in [2.05, 4.69) is 0 Å². The molecular weight excluding hydrogens is 581 g/mol. The quantitative estimate of drug-likeness (QED) is 0.159. The van der Waals surface area contributed by atoms with Crippen LogP contribution in [0.5, 0.6) is 0 Å². The van der Waals surface area contributed by atoms with Crippen molar-refractivity contribution in [3.8, 4) is 44.8 Å². The largest absolute Gasteiger partial charge is 0.212 e. The highest BCUT2D eigenvalue weighted by atomic mass is 14.9. The lowest BCUT2D eigenvalue weighted by Crippen LogP contribution is -2.32. The van der Waals surface area contributed by atoms with Crippen molar-refractivity contribution in [2.24, 2.45) is 14.1 Å². The average Bonchev–Trinajstić information content (AvgIpc) is 3.14. The van der Waals surface area contributed by atoms with E-state index in [1.54, 1.807) is 49.7 Å². The first-order chi connectivity index (χ1) is 28.0. The molecule has 0 amide bonds. The number of hydrogen-bond donors (Lipinski definition) is 0. The van der Waals surface area contributed by atoms with Crippen molar-refractivity contribution in [2.75, 3.05) is 0 Å². The summed E-state index contributed by atoms with van der Waals surface area (Å²) in [5.74, 6) is 0. The van der Waals surface area contributed by atoms with Gasteiger partial charge in [-0.1, -0.05) is 86.6 Å². The van der Waals surface area contributed by atoms with Gasteiger partial charge >= 0.3 is 0 Å². The van der Waals surface area contributed by atoms with Gasteiger partial charge in [0.1, 0.15) is 14.1 Å². The number of aromatic nitrogens is 2. The first kappa shape index (κ1) is 21.2. The molecule has 0 atom stereocenters. The number of rotatable bonds is 6. The SMILES string of the molecule is [2H]C([2H])([2H])c1cc(C)c(-c2cc(C([2H])([2H])C)c(C([2H])([2H])[2H])c[n+]2C)cc1-c1ccccc1.[2H]C([2H])([2H])c1cc(C)c(-c2cc(C)c(C([2H])([2H])C)c[n+]2C)cc1-c1ccccc1. The average molecular weight is 646 g/mol. The van der Waals surface area contributed by atoms with Gasteiger partial charge in [0, 0.05) is 52.2 Å². The molecule has 2 nitrogen and oxygen atoms in total. The van der Waals surface area contributed by atoms with Crippen molar-refractivity contribution in [1.82, 2.24) is 0 Å². The minimum atomic E-state index is -2.47. The molecule has 0 bridgehead atoms. The topological polar surface area (TPSA) is 7.76 Å². The fourth-order valence-corrected chi connectivity index (χ4v) is 6.08. The van der Waals surface area contributed by atoms with Gasteiger partial charge < -0.3 is 0 Å². The predicted molar refractivity (Wildman–Crippen MR) is 204 cm³/mol. The van der Waals surface area contributed by atoms with Gasteiger partial charge in [0.05, 0.1) is 0 Å². The highest BCUT2D eigenvalue weighted by Crippen LogP contribution is 2.33. The molecule has 0 unspecified atom stereocenters. The van der Waals surface area contributed by atoms with E-state index >= 15 is 0 Å². The Bertz CT molecular complexity index is 2540. The summed E-state index contributed by atoms with van der Waals surface area (Å²) in [6.07, 6.45) is -0.0421. The second-order valence-corrected chi connectivity index (χ2v) is 12.1. The number of pyridine rings is 2.